The molecule has 2 aromatic rings. The molecule has 0 fully saturated rings. The van der Waals surface area contributed by atoms with Crippen molar-refractivity contribution in [1.29, 1.82) is 0 Å². The first-order valence-corrected chi connectivity index (χ1v) is 8.43. The van der Waals surface area contributed by atoms with E-state index in [4.69, 9.17) is 21.7 Å². The second-order valence-electron chi connectivity index (χ2n) is 4.38. The number of nitrogens with zero attached hydrogens (tertiary/aromatic N) is 1. The van der Waals surface area contributed by atoms with E-state index in [1.165, 1.54) is 0 Å². The lowest BCUT2D eigenvalue weighted by Crippen LogP contribution is -2.31. The van der Waals surface area contributed by atoms with E-state index in [1.54, 1.807) is 17.6 Å². The smallest absolute Gasteiger partial charge is 0.231 e. The van der Waals surface area contributed by atoms with E-state index < -0.39 is 0 Å². The minimum Gasteiger partial charge on any atom is -0.454 e. The molecule has 0 spiro atoms. The van der Waals surface area contributed by atoms with Gasteiger partial charge in [-0.3, -0.25) is 5.43 Å². The third-order valence-electron chi connectivity index (χ3n) is 2.84. The van der Waals surface area contributed by atoms with E-state index in [1.807, 2.05) is 30.3 Å². The van der Waals surface area contributed by atoms with E-state index in [0.29, 0.717) is 11.7 Å². The molecule has 114 valence electrons. The summed E-state index contributed by atoms with van der Waals surface area (Å²) in [6.07, 6.45) is 1.73. The molecule has 8 heteroatoms. The topological polar surface area (TPSA) is 54.9 Å². The molecule has 5 nitrogen and oxygen atoms in total. The Labute approximate surface area is 145 Å². The van der Waals surface area contributed by atoms with Gasteiger partial charge in [0, 0.05) is 11.4 Å². The van der Waals surface area contributed by atoms with Crippen LogP contribution in [0.15, 0.2) is 39.2 Å². The summed E-state index contributed by atoms with van der Waals surface area (Å²) in [7, 11) is 0. The van der Waals surface area contributed by atoms with Crippen molar-refractivity contribution in [3.05, 3.63) is 44.6 Å². The molecule has 0 radical (unpaired) electrons. The zero-order valence-electron chi connectivity index (χ0n) is 11.3. The van der Waals surface area contributed by atoms with Gasteiger partial charge >= 0.3 is 0 Å². The monoisotopic (exact) mass is 397 g/mol. The van der Waals surface area contributed by atoms with Crippen molar-refractivity contribution in [3.63, 3.8) is 0 Å². The first-order chi connectivity index (χ1) is 10.7. The zero-order valence-corrected chi connectivity index (χ0v) is 14.6. The molecular formula is C14H12BrN3O2S2. The molecule has 2 N–H and O–H groups in total. The van der Waals surface area contributed by atoms with Gasteiger partial charge in [-0.25, -0.2) is 0 Å². The van der Waals surface area contributed by atoms with Gasteiger partial charge < -0.3 is 14.8 Å². The van der Waals surface area contributed by atoms with Crippen LogP contribution in [0, 0.1) is 0 Å². The minimum atomic E-state index is 0.278. The predicted molar refractivity (Wildman–Crippen MR) is 94.8 cm³/mol. The zero-order chi connectivity index (χ0) is 15.4. The van der Waals surface area contributed by atoms with Crippen LogP contribution in [0.1, 0.15) is 10.4 Å². The molecule has 1 aliphatic heterocycles. The Bertz CT molecular complexity index is 718. The van der Waals surface area contributed by atoms with Crippen molar-refractivity contribution >= 4 is 50.8 Å². The number of hydrogen-bond donors (Lipinski definition) is 2. The Morgan fingerprint density at radius 1 is 1.32 bits per heavy atom. The summed E-state index contributed by atoms with van der Waals surface area (Å²) in [4.78, 5) is 1.04. The van der Waals surface area contributed by atoms with Crippen LogP contribution in [0.25, 0.3) is 0 Å². The molecule has 0 aliphatic carbocycles. The van der Waals surface area contributed by atoms with E-state index in [0.717, 1.165) is 25.7 Å². The fourth-order valence-electron chi connectivity index (χ4n) is 1.82. The maximum Gasteiger partial charge on any atom is 0.231 e. The number of halogens is 1. The van der Waals surface area contributed by atoms with E-state index in [2.05, 4.69) is 31.8 Å². The summed E-state index contributed by atoms with van der Waals surface area (Å²) >= 11 is 10.2. The highest BCUT2D eigenvalue weighted by molar-refractivity contribution is 9.11. The van der Waals surface area contributed by atoms with Gasteiger partial charge in [0.2, 0.25) is 6.79 Å². The fraction of sp³-hybridized carbons (Fsp3) is 0.143. The molecule has 22 heavy (non-hydrogen) atoms. The predicted octanol–water partition coefficient (Wildman–Crippen LogP) is 3.24. The molecule has 1 aromatic heterocycles. The molecule has 0 bridgehead atoms. The minimum absolute atomic E-state index is 0.278. The van der Waals surface area contributed by atoms with Crippen molar-refractivity contribution in [2.45, 2.75) is 6.54 Å². The van der Waals surface area contributed by atoms with Crippen LogP contribution in [-0.4, -0.2) is 18.1 Å². The molecule has 3 rings (SSSR count). The lowest BCUT2D eigenvalue weighted by atomic mass is 10.2. The second-order valence-corrected chi connectivity index (χ2v) is 7.29. The van der Waals surface area contributed by atoms with Gasteiger partial charge in [0.15, 0.2) is 16.6 Å². The second kappa shape index (κ2) is 7.08. The van der Waals surface area contributed by atoms with Crippen molar-refractivity contribution in [3.8, 4) is 11.5 Å². The van der Waals surface area contributed by atoms with Gasteiger partial charge in [0.25, 0.3) is 0 Å². The molecule has 1 aromatic carbocycles. The van der Waals surface area contributed by atoms with E-state index in [-0.39, 0.29) is 6.79 Å². The maximum atomic E-state index is 5.34. The van der Waals surface area contributed by atoms with Gasteiger partial charge in [-0.1, -0.05) is 6.07 Å². The Kier molecular flexibility index (Phi) is 4.91. The van der Waals surface area contributed by atoms with Gasteiger partial charge in [-0.2, -0.15) is 5.10 Å². The Balaban J connectivity index is 1.47. The van der Waals surface area contributed by atoms with Crippen LogP contribution >= 0.6 is 39.5 Å². The highest BCUT2D eigenvalue weighted by Gasteiger charge is 2.12. The molecule has 0 unspecified atom stereocenters. The highest BCUT2D eigenvalue weighted by atomic mass is 79.9. The van der Waals surface area contributed by atoms with Crippen molar-refractivity contribution in [2.75, 3.05) is 6.79 Å². The molecule has 1 aliphatic rings. The Morgan fingerprint density at radius 3 is 3.00 bits per heavy atom. The lowest BCUT2D eigenvalue weighted by molar-refractivity contribution is 0.174. The van der Waals surface area contributed by atoms with E-state index >= 15 is 0 Å². The summed E-state index contributed by atoms with van der Waals surface area (Å²) in [5.74, 6) is 1.54. The Morgan fingerprint density at radius 2 is 2.18 bits per heavy atom. The summed E-state index contributed by atoms with van der Waals surface area (Å²) in [6.45, 7) is 0.863. The number of thiophene rings is 1. The number of benzene rings is 1. The SMILES string of the molecule is S=C(NCc1ccc2c(c1)OCO2)N/N=C\c1ccc(Br)s1. The molecular weight excluding hydrogens is 386 g/mol. The van der Waals surface area contributed by atoms with Crippen LogP contribution in [0.3, 0.4) is 0 Å². The third-order valence-corrected chi connectivity index (χ3v) is 4.64. The van der Waals surface area contributed by atoms with Gasteiger partial charge in [0.1, 0.15) is 0 Å². The highest BCUT2D eigenvalue weighted by Crippen LogP contribution is 2.32. The fourth-order valence-corrected chi connectivity index (χ4v) is 3.25. The first kappa shape index (κ1) is 15.3. The first-order valence-electron chi connectivity index (χ1n) is 6.41. The quantitative estimate of drug-likeness (QED) is 0.471. The van der Waals surface area contributed by atoms with E-state index in [9.17, 15) is 0 Å². The molecule has 0 amide bonds. The summed E-state index contributed by atoms with van der Waals surface area (Å²) in [5, 5.41) is 7.64. The Hall–Kier alpha value is -1.64. The van der Waals surface area contributed by atoms with Crippen LogP contribution in [-0.2, 0) is 6.54 Å². The van der Waals surface area contributed by atoms with Crippen LogP contribution in [0.5, 0.6) is 11.5 Å². The molecule has 2 heterocycles. The number of hydrazone groups is 1. The maximum absolute atomic E-state index is 5.34. The van der Waals surface area contributed by atoms with Crippen LogP contribution < -0.4 is 20.2 Å². The summed E-state index contributed by atoms with van der Waals surface area (Å²) < 4.78 is 11.7. The molecule has 0 saturated heterocycles. The van der Waals surface area contributed by atoms with Gasteiger partial charge in [-0.15, -0.1) is 11.3 Å². The summed E-state index contributed by atoms with van der Waals surface area (Å²) in [5.41, 5.74) is 3.84. The van der Waals surface area contributed by atoms with Gasteiger partial charge in [0.05, 0.1) is 10.0 Å². The number of rotatable bonds is 4. The third kappa shape index (κ3) is 3.96. The van der Waals surface area contributed by atoms with Crippen molar-refractivity contribution in [1.82, 2.24) is 10.7 Å². The average molecular weight is 398 g/mol. The summed E-state index contributed by atoms with van der Waals surface area (Å²) in [6, 6.07) is 9.74. The number of ether oxygens (including phenoxy) is 2. The van der Waals surface area contributed by atoms with Gasteiger partial charge in [-0.05, 0) is 58.0 Å². The van der Waals surface area contributed by atoms with Crippen molar-refractivity contribution < 1.29 is 9.47 Å². The largest absolute Gasteiger partial charge is 0.454 e. The number of fused-ring (bicyclic) bond motifs is 1. The normalized spacial score (nSPS) is 12.6. The van der Waals surface area contributed by atoms with Crippen molar-refractivity contribution in [2.24, 2.45) is 5.10 Å². The average Bonchev–Trinajstić information content (AvgIpc) is 3.13. The lowest BCUT2D eigenvalue weighted by Gasteiger charge is -2.07. The standard InChI is InChI=1S/C14H12BrN3O2S2/c15-13-4-2-10(22-13)7-17-18-14(21)16-6-9-1-3-11-12(5-9)20-8-19-11/h1-5,7H,6,8H2,(H2,16,18,21)/b17-7-. The van der Waals surface area contributed by atoms with Crippen LogP contribution in [0.4, 0.5) is 0 Å². The van der Waals surface area contributed by atoms with Crippen LogP contribution in [0.2, 0.25) is 0 Å². The molecule has 0 atom stereocenters. The molecule has 0 saturated carbocycles. The number of nitrogens with one attached hydrogen (secondary N) is 2. The number of hydrogen-bond acceptors (Lipinski definition) is 5. The number of thiocarbonyl (C=S) groups is 1.